The van der Waals surface area contributed by atoms with Crippen LogP contribution in [0.15, 0.2) is 18.2 Å². The largest absolute Gasteiger partial charge is 0.497 e. The molecular weight excluding hydrogens is 230 g/mol. The van der Waals surface area contributed by atoms with Gasteiger partial charge in [-0.05, 0) is 25.5 Å². The number of rotatable bonds is 6. The van der Waals surface area contributed by atoms with Gasteiger partial charge in [0, 0.05) is 17.0 Å². The fourth-order valence-electron chi connectivity index (χ4n) is 2.46. The summed E-state index contributed by atoms with van der Waals surface area (Å²) >= 11 is 0. The molecule has 100 valence electrons. The molecule has 1 aliphatic heterocycles. The highest BCUT2D eigenvalue weighted by atomic mass is 16.5. The van der Waals surface area contributed by atoms with E-state index in [1.807, 2.05) is 12.1 Å². The Kier molecular flexibility index (Phi) is 4.09. The Morgan fingerprint density at radius 2 is 2.06 bits per heavy atom. The lowest BCUT2D eigenvalue weighted by Crippen LogP contribution is -2.47. The molecule has 4 nitrogen and oxygen atoms in total. The van der Waals surface area contributed by atoms with Crippen molar-refractivity contribution in [1.82, 2.24) is 0 Å². The predicted molar refractivity (Wildman–Crippen MR) is 70.3 cm³/mol. The highest BCUT2D eigenvalue weighted by Crippen LogP contribution is 2.42. The first kappa shape index (κ1) is 13.2. The molecule has 1 aromatic rings. The third-order valence-corrected chi connectivity index (χ3v) is 3.60. The molecule has 1 saturated heterocycles. The van der Waals surface area contributed by atoms with E-state index >= 15 is 0 Å². The Bertz CT molecular complexity index is 402. The zero-order valence-electron chi connectivity index (χ0n) is 11.1. The second-order valence-electron chi connectivity index (χ2n) is 4.73. The van der Waals surface area contributed by atoms with Gasteiger partial charge < -0.3 is 19.9 Å². The summed E-state index contributed by atoms with van der Waals surface area (Å²) in [6.07, 6.45) is 2.03. The summed E-state index contributed by atoms with van der Waals surface area (Å²) in [6.45, 7) is 2.20. The van der Waals surface area contributed by atoms with Gasteiger partial charge in [0.2, 0.25) is 0 Å². The lowest BCUT2D eigenvalue weighted by atomic mass is 9.74. The summed E-state index contributed by atoms with van der Waals surface area (Å²) in [7, 11) is 3.35. The van der Waals surface area contributed by atoms with Crippen LogP contribution < -0.4 is 15.2 Å². The summed E-state index contributed by atoms with van der Waals surface area (Å²) < 4.78 is 16.1. The van der Waals surface area contributed by atoms with Crippen molar-refractivity contribution < 1.29 is 14.2 Å². The van der Waals surface area contributed by atoms with E-state index in [1.165, 1.54) is 5.56 Å². The summed E-state index contributed by atoms with van der Waals surface area (Å²) in [5.41, 5.74) is 6.88. The first-order valence-corrected chi connectivity index (χ1v) is 6.26. The van der Waals surface area contributed by atoms with E-state index in [2.05, 4.69) is 6.07 Å². The monoisotopic (exact) mass is 251 g/mol. The molecule has 0 spiro atoms. The van der Waals surface area contributed by atoms with E-state index in [0.717, 1.165) is 37.6 Å². The Labute approximate surface area is 108 Å². The van der Waals surface area contributed by atoms with Crippen molar-refractivity contribution in [3.63, 3.8) is 0 Å². The molecular formula is C14H21NO3. The first-order chi connectivity index (χ1) is 8.75. The summed E-state index contributed by atoms with van der Waals surface area (Å²) in [6, 6.07) is 5.98. The van der Waals surface area contributed by atoms with Gasteiger partial charge in [-0.3, -0.25) is 0 Å². The average molecular weight is 251 g/mol. The lowest BCUT2D eigenvalue weighted by molar-refractivity contribution is -0.0658. The van der Waals surface area contributed by atoms with E-state index in [-0.39, 0.29) is 5.41 Å². The molecule has 0 unspecified atom stereocenters. The van der Waals surface area contributed by atoms with Crippen LogP contribution in [0.25, 0.3) is 0 Å². The molecule has 0 aromatic heterocycles. The van der Waals surface area contributed by atoms with Crippen LogP contribution in [0.4, 0.5) is 0 Å². The van der Waals surface area contributed by atoms with E-state index < -0.39 is 0 Å². The van der Waals surface area contributed by atoms with E-state index in [4.69, 9.17) is 19.9 Å². The Hall–Kier alpha value is -1.26. The third-order valence-electron chi connectivity index (χ3n) is 3.60. The minimum atomic E-state index is 0.0665. The third kappa shape index (κ3) is 2.31. The summed E-state index contributed by atoms with van der Waals surface area (Å²) in [5.74, 6) is 1.68. The van der Waals surface area contributed by atoms with Crippen molar-refractivity contribution in [3.05, 3.63) is 23.8 Å². The maximum Gasteiger partial charge on any atom is 0.126 e. The standard InChI is InChI=1S/C14H21NO3/c1-16-11-4-5-12(13(8-11)17-2)14(6-3-7-15)9-18-10-14/h4-5,8H,3,6-7,9-10,15H2,1-2H3. The van der Waals surface area contributed by atoms with Gasteiger partial charge in [-0.1, -0.05) is 6.07 Å². The SMILES string of the molecule is COc1ccc(C2(CCCN)COC2)c(OC)c1. The van der Waals surface area contributed by atoms with Gasteiger partial charge in [0.1, 0.15) is 11.5 Å². The average Bonchev–Trinajstić information content (AvgIpc) is 2.37. The number of benzene rings is 1. The van der Waals surface area contributed by atoms with Crippen LogP contribution in [0.1, 0.15) is 18.4 Å². The van der Waals surface area contributed by atoms with Crippen molar-refractivity contribution in [2.45, 2.75) is 18.3 Å². The fraction of sp³-hybridized carbons (Fsp3) is 0.571. The molecule has 1 aromatic carbocycles. The number of hydrogen-bond donors (Lipinski definition) is 1. The van der Waals surface area contributed by atoms with Gasteiger partial charge in [0.05, 0.1) is 27.4 Å². The number of nitrogens with two attached hydrogens (primary N) is 1. The molecule has 1 heterocycles. The van der Waals surface area contributed by atoms with Gasteiger partial charge in [-0.2, -0.15) is 0 Å². The van der Waals surface area contributed by atoms with Gasteiger partial charge in [-0.15, -0.1) is 0 Å². The molecule has 18 heavy (non-hydrogen) atoms. The van der Waals surface area contributed by atoms with Crippen LogP contribution in [0.5, 0.6) is 11.5 Å². The summed E-state index contributed by atoms with van der Waals surface area (Å²) in [5, 5.41) is 0. The first-order valence-electron chi connectivity index (χ1n) is 6.26. The minimum absolute atomic E-state index is 0.0665. The molecule has 0 bridgehead atoms. The molecule has 0 atom stereocenters. The Morgan fingerprint density at radius 1 is 1.28 bits per heavy atom. The second kappa shape index (κ2) is 5.59. The van der Waals surface area contributed by atoms with E-state index in [0.29, 0.717) is 6.54 Å². The van der Waals surface area contributed by atoms with Crippen LogP contribution in [0.2, 0.25) is 0 Å². The van der Waals surface area contributed by atoms with Crippen molar-refractivity contribution in [1.29, 1.82) is 0 Å². The van der Waals surface area contributed by atoms with Crippen LogP contribution >= 0.6 is 0 Å². The summed E-state index contributed by atoms with van der Waals surface area (Å²) in [4.78, 5) is 0. The number of ether oxygens (including phenoxy) is 3. The van der Waals surface area contributed by atoms with Crippen molar-refractivity contribution in [3.8, 4) is 11.5 Å². The van der Waals surface area contributed by atoms with Crippen LogP contribution in [0.3, 0.4) is 0 Å². The lowest BCUT2D eigenvalue weighted by Gasteiger charge is -2.42. The Balaban J connectivity index is 2.30. The highest BCUT2D eigenvalue weighted by Gasteiger charge is 2.41. The van der Waals surface area contributed by atoms with Gasteiger partial charge in [-0.25, -0.2) is 0 Å². The number of hydrogen-bond acceptors (Lipinski definition) is 4. The van der Waals surface area contributed by atoms with E-state index in [1.54, 1.807) is 14.2 Å². The molecule has 1 aliphatic rings. The molecule has 0 aliphatic carbocycles. The number of methoxy groups -OCH3 is 2. The van der Waals surface area contributed by atoms with Crippen LogP contribution in [-0.4, -0.2) is 34.0 Å². The van der Waals surface area contributed by atoms with Gasteiger partial charge >= 0.3 is 0 Å². The quantitative estimate of drug-likeness (QED) is 0.836. The van der Waals surface area contributed by atoms with Crippen molar-refractivity contribution in [2.75, 3.05) is 34.0 Å². The molecule has 1 fully saturated rings. The second-order valence-corrected chi connectivity index (χ2v) is 4.73. The topological polar surface area (TPSA) is 53.7 Å². The molecule has 0 radical (unpaired) electrons. The van der Waals surface area contributed by atoms with Crippen molar-refractivity contribution >= 4 is 0 Å². The normalized spacial score (nSPS) is 17.1. The predicted octanol–water partition coefficient (Wildman–Crippen LogP) is 1.71. The zero-order chi connectivity index (χ0) is 13.0. The molecule has 0 amide bonds. The Morgan fingerprint density at radius 3 is 2.56 bits per heavy atom. The highest BCUT2D eigenvalue weighted by molar-refractivity contribution is 5.46. The molecule has 0 saturated carbocycles. The molecule has 2 rings (SSSR count). The van der Waals surface area contributed by atoms with Crippen LogP contribution in [0, 0.1) is 0 Å². The van der Waals surface area contributed by atoms with Crippen LogP contribution in [-0.2, 0) is 10.2 Å². The molecule has 4 heteroatoms. The fourth-order valence-corrected chi connectivity index (χ4v) is 2.46. The van der Waals surface area contributed by atoms with Crippen molar-refractivity contribution in [2.24, 2.45) is 5.73 Å². The molecule has 2 N–H and O–H groups in total. The minimum Gasteiger partial charge on any atom is -0.497 e. The maximum atomic E-state index is 5.62. The van der Waals surface area contributed by atoms with Gasteiger partial charge in [0.25, 0.3) is 0 Å². The van der Waals surface area contributed by atoms with E-state index in [9.17, 15) is 0 Å². The smallest absolute Gasteiger partial charge is 0.126 e. The van der Waals surface area contributed by atoms with Gasteiger partial charge in [0.15, 0.2) is 0 Å². The maximum absolute atomic E-state index is 5.62. The zero-order valence-corrected chi connectivity index (χ0v) is 11.1.